The Bertz CT molecular complexity index is 92.7. The summed E-state index contributed by atoms with van der Waals surface area (Å²) in [6.45, 7) is 0. The molecule has 0 bridgehead atoms. The minimum atomic E-state index is 0.0232. The maximum atomic E-state index is 9.55. The summed E-state index contributed by atoms with van der Waals surface area (Å²) in [4.78, 5) is 9.55. The van der Waals surface area contributed by atoms with E-state index in [1.165, 1.54) is 0 Å². The molecule has 0 aromatic heterocycles. The van der Waals surface area contributed by atoms with E-state index in [0.717, 1.165) is 0 Å². The first kappa shape index (κ1) is 6.96. The first-order chi connectivity index (χ1) is 3.31. The summed E-state index contributed by atoms with van der Waals surface area (Å²) < 4.78 is 0.0232. The van der Waals surface area contributed by atoms with Crippen molar-refractivity contribution in [3.05, 3.63) is 0 Å². The first-order valence-electron chi connectivity index (χ1n) is 1.76. The minimum Gasteiger partial charge on any atom is -0.291 e. The van der Waals surface area contributed by atoms with E-state index >= 15 is 0 Å². The zero-order valence-electron chi connectivity index (χ0n) is 3.65. The van der Waals surface area contributed by atoms with Crippen LogP contribution in [0.15, 0.2) is 0 Å². The van der Waals surface area contributed by atoms with Crippen LogP contribution in [0.25, 0.3) is 0 Å². The molecule has 0 aromatic carbocycles. The van der Waals surface area contributed by atoms with E-state index in [0.29, 0.717) is 6.42 Å². The van der Waals surface area contributed by atoms with Gasteiger partial charge in [0, 0.05) is 6.42 Å². The van der Waals surface area contributed by atoms with Crippen LogP contribution in [-0.2, 0) is 4.79 Å². The van der Waals surface area contributed by atoms with Crippen LogP contribution in [0, 0.1) is 12.3 Å². The van der Waals surface area contributed by atoms with Crippen LogP contribution < -0.4 is 0 Å². The van der Waals surface area contributed by atoms with Gasteiger partial charge in [-0.1, -0.05) is 28.5 Å². The molecule has 1 atom stereocenters. The van der Waals surface area contributed by atoms with Crippen LogP contribution in [0.3, 0.4) is 0 Å². The van der Waals surface area contributed by atoms with Gasteiger partial charge in [-0.3, -0.25) is 4.79 Å². The largest absolute Gasteiger partial charge is 0.291 e. The molecule has 0 saturated carbocycles. The van der Waals surface area contributed by atoms with Crippen LogP contribution in [0.2, 0.25) is 0 Å². The summed E-state index contributed by atoms with van der Waals surface area (Å²) in [6.07, 6.45) is 6.98. The fourth-order valence-corrected chi connectivity index (χ4v) is 0.312. The summed E-state index contributed by atoms with van der Waals surface area (Å²) in [5.74, 6) is 2.39. The van der Waals surface area contributed by atoms with Crippen molar-refractivity contribution in [1.29, 1.82) is 0 Å². The van der Waals surface area contributed by atoms with Crippen molar-refractivity contribution >= 4 is 28.9 Å². The van der Waals surface area contributed by atoms with Gasteiger partial charge in [-0.25, -0.2) is 0 Å². The summed E-state index contributed by atoms with van der Waals surface area (Å²) in [6, 6.07) is 0. The zero-order valence-corrected chi connectivity index (χ0v) is 5.81. The van der Waals surface area contributed by atoms with E-state index in [9.17, 15) is 4.79 Å². The van der Waals surface area contributed by atoms with Gasteiger partial charge in [-0.05, 0) is 0 Å². The first-order valence-corrected chi connectivity index (χ1v) is 3.01. The van der Waals surface area contributed by atoms with Crippen LogP contribution in [0.4, 0.5) is 0 Å². The quantitative estimate of drug-likeness (QED) is 0.374. The van der Waals surface area contributed by atoms with Gasteiger partial charge in [0.2, 0.25) is 0 Å². The molecule has 7 heavy (non-hydrogen) atoms. The summed E-state index contributed by atoms with van der Waals surface area (Å²) in [7, 11) is 0. The molecule has 0 aliphatic rings. The smallest absolute Gasteiger partial charge is 0.200 e. The Morgan fingerprint density at radius 3 is 2.57 bits per heavy atom. The molecule has 0 aliphatic heterocycles. The molecular weight excluding hydrogens is 203 g/mol. The molecule has 1 nitrogen and oxygen atoms in total. The average molecular weight is 207 g/mol. The van der Waals surface area contributed by atoms with Gasteiger partial charge in [0.1, 0.15) is 0 Å². The molecular formula is C5H4IO. The molecule has 0 heterocycles. The van der Waals surface area contributed by atoms with Gasteiger partial charge in [-0.2, -0.15) is 0 Å². The number of carbonyl (C=O) groups excluding carboxylic acids is 1. The Labute approximate surface area is 56.6 Å². The SMILES string of the molecule is C#CC(I)C[C]=O. The third-order valence-corrected chi connectivity index (χ3v) is 1.24. The van der Waals surface area contributed by atoms with E-state index in [4.69, 9.17) is 6.42 Å². The molecule has 0 N–H and O–H groups in total. The van der Waals surface area contributed by atoms with Crippen molar-refractivity contribution < 1.29 is 4.79 Å². The molecule has 0 rings (SSSR count). The zero-order chi connectivity index (χ0) is 5.70. The molecule has 0 aliphatic carbocycles. The maximum Gasteiger partial charge on any atom is 0.200 e. The lowest BCUT2D eigenvalue weighted by Gasteiger charge is -1.86. The van der Waals surface area contributed by atoms with Crippen molar-refractivity contribution in [3.8, 4) is 12.3 Å². The molecule has 1 unspecified atom stereocenters. The average Bonchev–Trinajstić information content (AvgIpc) is 1.68. The molecule has 0 fully saturated rings. The Balaban J connectivity index is 3.21. The monoisotopic (exact) mass is 207 g/mol. The van der Waals surface area contributed by atoms with Gasteiger partial charge < -0.3 is 0 Å². The Morgan fingerprint density at radius 1 is 1.86 bits per heavy atom. The lowest BCUT2D eigenvalue weighted by Crippen LogP contribution is -1.90. The highest BCUT2D eigenvalue weighted by atomic mass is 127. The van der Waals surface area contributed by atoms with E-state index in [1.807, 2.05) is 22.6 Å². The van der Waals surface area contributed by atoms with E-state index in [-0.39, 0.29) is 3.92 Å². The topological polar surface area (TPSA) is 17.1 Å². The highest BCUT2D eigenvalue weighted by molar-refractivity contribution is 14.1. The predicted octanol–water partition coefficient (Wildman–Crippen LogP) is 0.923. The van der Waals surface area contributed by atoms with Crippen molar-refractivity contribution in [2.45, 2.75) is 10.3 Å². The fraction of sp³-hybridized carbons (Fsp3) is 0.400. The van der Waals surface area contributed by atoms with E-state index in [2.05, 4.69) is 5.92 Å². The van der Waals surface area contributed by atoms with Gasteiger partial charge >= 0.3 is 0 Å². The fourth-order valence-electron chi connectivity index (χ4n) is 0.132. The van der Waals surface area contributed by atoms with E-state index < -0.39 is 0 Å². The molecule has 37 valence electrons. The normalized spacial score (nSPS) is 12.0. The third-order valence-electron chi connectivity index (χ3n) is 0.443. The van der Waals surface area contributed by atoms with Crippen molar-refractivity contribution in [1.82, 2.24) is 0 Å². The number of hydrogen-bond donors (Lipinski definition) is 0. The van der Waals surface area contributed by atoms with Crippen LogP contribution in [0.5, 0.6) is 0 Å². The van der Waals surface area contributed by atoms with E-state index in [1.54, 1.807) is 6.29 Å². The number of terminal acetylenes is 1. The second kappa shape index (κ2) is 4.13. The number of rotatable bonds is 2. The van der Waals surface area contributed by atoms with Crippen LogP contribution >= 0.6 is 22.6 Å². The van der Waals surface area contributed by atoms with Gasteiger partial charge in [0.15, 0.2) is 6.29 Å². The second-order valence-electron chi connectivity index (χ2n) is 0.983. The summed E-state index contributed by atoms with van der Waals surface area (Å²) in [5.41, 5.74) is 0. The standard InChI is InChI=1S/C5H4IO/c1-2-5(6)3-4-7/h1,5H,3H2. The molecule has 2 heteroatoms. The summed E-state index contributed by atoms with van der Waals surface area (Å²) in [5, 5.41) is 0. The van der Waals surface area contributed by atoms with Crippen LogP contribution in [-0.4, -0.2) is 10.2 Å². The number of hydrogen-bond acceptors (Lipinski definition) is 1. The number of halogens is 1. The molecule has 0 spiro atoms. The highest BCUT2D eigenvalue weighted by Crippen LogP contribution is 1.99. The van der Waals surface area contributed by atoms with Crippen molar-refractivity contribution in [2.24, 2.45) is 0 Å². The second-order valence-corrected chi connectivity index (χ2v) is 2.49. The Morgan fingerprint density at radius 2 is 2.43 bits per heavy atom. The van der Waals surface area contributed by atoms with Gasteiger partial charge in [0.05, 0.1) is 3.92 Å². The maximum absolute atomic E-state index is 9.55. The number of alkyl halides is 1. The lowest BCUT2D eigenvalue weighted by atomic mass is 10.3. The molecule has 0 aromatic rings. The molecule has 0 amide bonds. The molecule has 0 saturated heterocycles. The predicted molar refractivity (Wildman–Crippen MR) is 37.0 cm³/mol. The third kappa shape index (κ3) is 3.80. The summed E-state index contributed by atoms with van der Waals surface area (Å²) >= 11 is 2.01. The minimum absolute atomic E-state index is 0.0232. The Hall–Kier alpha value is -0.0400. The van der Waals surface area contributed by atoms with Crippen LogP contribution in [0.1, 0.15) is 6.42 Å². The van der Waals surface area contributed by atoms with Gasteiger partial charge in [-0.15, -0.1) is 6.42 Å². The van der Waals surface area contributed by atoms with Gasteiger partial charge in [0.25, 0.3) is 0 Å². The van der Waals surface area contributed by atoms with Crippen molar-refractivity contribution in [3.63, 3.8) is 0 Å². The Kier molecular flexibility index (Phi) is 4.10. The molecule has 1 radical (unpaired) electrons. The van der Waals surface area contributed by atoms with Crippen molar-refractivity contribution in [2.75, 3.05) is 0 Å². The lowest BCUT2D eigenvalue weighted by molar-refractivity contribution is 0.553. The highest BCUT2D eigenvalue weighted by Gasteiger charge is 1.93.